The van der Waals surface area contributed by atoms with Crippen molar-refractivity contribution in [1.29, 1.82) is 5.41 Å². The standard InChI is InChI=1S/C84H140N24O22S2/c1-11-42(6)63(78(125)103-59(40-131)75(122)98-52(26-30-86)69(116)94-50(16-14-29-85)68(115)101-57(82(129)130)35-46-20-24-48(111)25-21-46)104-71(118)54(28-32-88)97-74(121)58(39-109)102-70(117)53(27-31-87)96-67(114)51(17-15-33-93-83(91)92)95-72(119)56(37-61(89)113)100-80(127)66(84(9,10)132)107-73(120)55(34-45-18-22-47(110)23-19-45)99-77(124)64(43(7)12-2)106-79(126)65(44(8)13-3)105-76(123)60-36-49(112)38-108(60)81(128)62(90)41(4)5/h18-25,41-44,49-60,62-66,109-112,131-132H,11-17,26-40,85-88,90H2,1-10H3,(H2,89,113)(H,94,116)(H,95,119)(H,96,114)(H,97,121)(H,98,122)(H,99,124)(H,100,127)(H,101,115)(H,102,117)(H,103,125)(H,104,118)(H,105,123)(H,106,126)(H,107,120)(H,129,130)(H4,91,92,93)/t42-,43-,44-,49+,50-,51-,52-,53-,54+,55-,56-,57-,58-,59-,60-,62-,63-,64-,65-,66+/m0/s1. The molecule has 2 aromatic carbocycles. The van der Waals surface area contributed by atoms with Gasteiger partial charge in [0.1, 0.15) is 102 Å². The van der Waals surface area contributed by atoms with Gasteiger partial charge in [0.05, 0.1) is 25.2 Å². The first-order valence-corrected chi connectivity index (χ1v) is 45.1. The van der Waals surface area contributed by atoms with Crippen LogP contribution in [0.4, 0.5) is 0 Å². The number of nitrogens with one attached hydrogen (secondary N) is 16. The summed E-state index contributed by atoms with van der Waals surface area (Å²) in [6, 6.07) is -13.5. The number of carbonyl (C=O) groups is 17. The maximum Gasteiger partial charge on any atom is 0.326 e. The van der Waals surface area contributed by atoms with Gasteiger partial charge >= 0.3 is 5.97 Å². The quantitative estimate of drug-likeness (QED) is 0.0127. The lowest BCUT2D eigenvalue weighted by Crippen LogP contribution is -2.64. The van der Waals surface area contributed by atoms with Crippen LogP contribution >= 0.6 is 25.3 Å². The van der Waals surface area contributed by atoms with Crippen molar-refractivity contribution in [2.75, 3.05) is 51.6 Å². The molecule has 1 aliphatic heterocycles. The van der Waals surface area contributed by atoms with Crippen LogP contribution in [-0.4, -0.2) is 296 Å². The fraction of sp³-hybridized carbons (Fsp3) is 0.643. The Bertz CT molecular complexity index is 4210. The number of aliphatic hydroxyl groups is 2. The molecule has 3 rings (SSSR count). The number of carboxylic acids is 1. The number of guanidine groups is 1. The number of hydrogen-bond donors (Lipinski definition) is 30. The third-order valence-corrected chi connectivity index (χ3v) is 23.0. The number of aromatic hydroxyl groups is 2. The van der Waals surface area contributed by atoms with Crippen LogP contribution in [0.5, 0.6) is 11.5 Å². The minimum atomic E-state index is -1.97. The molecule has 0 bridgehead atoms. The number of carbonyl (C=O) groups excluding carboxylic acids is 16. The van der Waals surface area contributed by atoms with Crippen LogP contribution in [-0.2, 0) is 94.3 Å². The summed E-state index contributed by atoms with van der Waals surface area (Å²) in [7, 11) is 0. The van der Waals surface area contributed by atoms with Gasteiger partial charge in [-0.2, -0.15) is 25.3 Å². The second-order valence-electron chi connectivity index (χ2n) is 33.7. The lowest BCUT2D eigenvalue weighted by atomic mass is 9.94. The van der Waals surface area contributed by atoms with E-state index in [0.29, 0.717) is 17.5 Å². The number of β-amino-alcohol motifs (C(OH)–C–C–N with tert-alkyl or cyclic N) is 1. The Morgan fingerprint density at radius 1 is 0.470 bits per heavy atom. The fourth-order valence-electron chi connectivity index (χ4n) is 13.8. The van der Waals surface area contributed by atoms with E-state index in [9.17, 15) is 107 Å². The molecule has 0 spiro atoms. The molecule has 2 aromatic rings. The topological polar surface area (TPSA) is 781 Å². The van der Waals surface area contributed by atoms with Crippen LogP contribution in [0, 0.1) is 29.1 Å². The van der Waals surface area contributed by atoms with Gasteiger partial charge < -0.3 is 150 Å². The number of phenols is 2. The third kappa shape index (κ3) is 37.8. The molecule has 1 fully saturated rings. The SMILES string of the molecule is CC[C@H](C)[C@H](NC(=O)[C@@H](NC(=O)[C@@H]1C[C@@H](O)CN1C(=O)[C@@H](N)C(C)C)[C@@H](C)CC)C(=O)N[C@@H](Cc1ccc(O)cc1)C(=O)N[C@H](C(=O)N[C@@H](CC(N)=O)C(=O)N[C@@H](CCCNC(=N)N)C(=O)N[C@@H](CCN)C(=O)N[C@@H](CO)C(=O)N[C@H](CCN)C(=O)N[C@H](C(=O)N[C@@H](CS)C(=O)N[C@@H](CCN)C(=O)N[C@@H](CCCN)C(=O)N[C@@H](Cc1ccc(O)cc1)C(=O)O)[C@@H](C)CC)C(C)(C)S. The van der Waals surface area contributed by atoms with Crippen LogP contribution in [0.1, 0.15) is 157 Å². The van der Waals surface area contributed by atoms with E-state index in [2.05, 4.69) is 105 Å². The van der Waals surface area contributed by atoms with Crippen LogP contribution in [0.2, 0.25) is 0 Å². The molecule has 1 saturated heterocycles. The monoisotopic (exact) mass is 1900 g/mol. The number of likely N-dealkylation sites (tertiary alicyclic amines) is 1. The molecule has 0 aromatic heterocycles. The van der Waals surface area contributed by atoms with E-state index in [1.165, 1.54) is 67.3 Å². The largest absolute Gasteiger partial charge is 0.508 e. The number of benzene rings is 2. The molecule has 0 aliphatic carbocycles. The molecule has 20 atom stereocenters. The normalized spacial score (nSPS) is 17.2. The number of phenolic OH excluding ortho intramolecular Hbond substituents is 2. The molecule has 46 nitrogen and oxygen atoms in total. The van der Waals surface area contributed by atoms with Gasteiger partial charge in [-0.15, -0.1) is 0 Å². The summed E-state index contributed by atoms with van der Waals surface area (Å²) in [4.78, 5) is 241. The molecule has 740 valence electrons. The van der Waals surface area contributed by atoms with Crippen molar-refractivity contribution in [3.05, 3.63) is 59.7 Å². The average molecular weight is 1900 g/mol. The number of thiol groups is 2. The Morgan fingerprint density at radius 2 is 0.818 bits per heavy atom. The smallest absolute Gasteiger partial charge is 0.326 e. The van der Waals surface area contributed by atoms with Gasteiger partial charge in [0, 0.05) is 42.9 Å². The summed E-state index contributed by atoms with van der Waals surface area (Å²) in [6.45, 7) is 14.1. The number of amides is 16. The zero-order valence-corrected chi connectivity index (χ0v) is 78.1. The van der Waals surface area contributed by atoms with Crippen molar-refractivity contribution >= 4 is 132 Å². The molecule has 132 heavy (non-hydrogen) atoms. The zero-order chi connectivity index (χ0) is 99.7. The molecule has 35 N–H and O–H groups in total. The number of aliphatic carboxylic acids is 1. The molecule has 1 aliphatic rings. The van der Waals surface area contributed by atoms with Gasteiger partial charge in [0.25, 0.3) is 0 Å². The van der Waals surface area contributed by atoms with E-state index < -0.39 is 257 Å². The van der Waals surface area contributed by atoms with Crippen molar-refractivity contribution in [1.82, 2.24) is 84.7 Å². The molecule has 1 heterocycles. The highest BCUT2D eigenvalue weighted by Crippen LogP contribution is 2.25. The Hall–Kier alpha value is -11.3. The molecule has 48 heteroatoms. The maximum absolute atomic E-state index is 14.9. The van der Waals surface area contributed by atoms with Crippen molar-refractivity contribution < 1.29 is 107 Å². The predicted octanol–water partition coefficient (Wildman–Crippen LogP) is -7.61. The summed E-state index contributed by atoms with van der Waals surface area (Å²) in [5.41, 5.74) is 41.6. The van der Waals surface area contributed by atoms with Crippen molar-refractivity contribution in [2.24, 2.45) is 63.8 Å². The number of nitrogens with two attached hydrogens (primary N) is 7. The Labute approximate surface area is 778 Å². The number of nitrogens with zero attached hydrogens (tertiary/aromatic N) is 1. The molecular weight excluding hydrogens is 1760 g/mol. The number of aliphatic hydroxyl groups excluding tert-OH is 2. The van der Waals surface area contributed by atoms with Crippen molar-refractivity contribution in [3.8, 4) is 11.5 Å². The predicted molar refractivity (Wildman–Crippen MR) is 492 cm³/mol. The van der Waals surface area contributed by atoms with Gasteiger partial charge in [-0.25, -0.2) is 4.79 Å². The van der Waals surface area contributed by atoms with Gasteiger partial charge in [-0.05, 0) is 144 Å². The maximum atomic E-state index is 14.9. The van der Waals surface area contributed by atoms with E-state index in [1.807, 2.05) is 0 Å². The van der Waals surface area contributed by atoms with Crippen LogP contribution in [0.15, 0.2) is 48.5 Å². The summed E-state index contributed by atoms with van der Waals surface area (Å²) < 4.78 is -1.60. The van der Waals surface area contributed by atoms with Crippen molar-refractivity contribution in [3.63, 3.8) is 0 Å². The third-order valence-electron chi connectivity index (χ3n) is 22.4. The minimum Gasteiger partial charge on any atom is -0.508 e. The highest BCUT2D eigenvalue weighted by Gasteiger charge is 2.46. The first-order valence-electron chi connectivity index (χ1n) is 44.0. The summed E-state index contributed by atoms with van der Waals surface area (Å²) in [5.74, 6) is -20.8. The van der Waals surface area contributed by atoms with Crippen molar-refractivity contribution in [2.45, 2.75) is 267 Å². The summed E-state index contributed by atoms with van der Waals surface area (Å²) >= 11 is 8.90. The van der Waals surface area contributed by atoms with Crippen LogP contribution in [0.3, 0.4) is 0 Å². The van der Waals surface area contributed by atoms with E-state index in [4.69, 9.17) is 45.5 Å². The van der Waals surface area contributed by atoms with Gasteiger partial charge in [0.15, 0.2) is 5.96 Å². The highest BCUT2D eigenvalue weighted by atomic mass is 32.1. The summed E-state index contributed by atoms with van der Waals surface area (Å²) in [6.07, 6.45) is -3.14. The van der Waals surface area contributed by atoms with E-state index >= 15 is 0 Å². The van der Waals surface area contributed by atoms with Crippen LogP contribution in [0.25, 0.3) is 0 Å². The van der Waals surface area contributed by atoms with E-state index in [1.54, 1.807) is 55.4 Å². The van der Waals surface area contributed by atoms with Gasteiger partial charge in [-0.3, -0.25) is 82.1 Å². The average Bonchev–Trinajstić information content (AvgIpc) is 1.57. The number of rotatable bonds is 59. The second kappa shape index (κ2) is 57.2. The van der Waals surface area contributed by atoms with E-state index in [-0.39, 0.29) is 127 Å². The second-order valence-corrected chi connectivity index (χ2v) is 35.3. The molecule has 0 radical (unpaired) electrons. The first kappa shape index (κ1) is 115. The summed E-state index contributed by atoms with van der Waals surface area (Å²) in [5, 5.41) is 96.6. The molecule has 0 saturated carbocycles. The van der Waals surface area contributed by atoms with Crippen LogP contribution < -0.4 is 120 Å². The number of primary amides is 1. The van der Waals surface area contributed by atoms with E-state index in [0.717, 1.165) is 0 Å². The molecule has 16 amide bonds. The number of carboxylic acid groups (broad SMARTS) is 1. The molecule has 0 unspecified atom stereocenters. The Morgan fingerprint density at radius 3 is 1.21 bits per heavy atom. The fourth-order valence-corrected chi connectivity index (χ4v) is 14.2. The zero-order valence-electron chi connectivity index (χ0n) is 76.4. The molecular formula is C84H140N24O22S2. The lowest BCUT2D eigenvalue weighted by molar-refractivity contribution is -0.142. The minimum absolute atomic E-state index is 0.0661. The lowest BCUT2D eigenvalue weighted by Gasteiger charge is -2.33. The highest BCUT2D eigenvalue weighted by molar-refractivity contribution is 7.81. The Kier molecular flexibility index (Phi) is 49.8. The van der Waals surface area contributed by atoms with Gasteiger partial charge in [-0.1, -0.05) is 98.9 Å². The van der Waals surface area contributed by atoms with Gasteiger partial charge in [0.2, 0.25) is 94.5 Å². The number of hydrogen-bond acceptors (Lipinski definition) is 29. The first-order chi connectivity index (χ1) is 62.1. The Balaban J connectivity index is 1.91.